The Hall–Kier alpha value is -2.69. The van der Waals surface area contributed by atoms with Gasteiger partial charge >= 0.3 is 5.97 Å². The molecule has 2 aromatic rings. The van der Waals surface area contributed by atoms with Gasteiger partial charge in [0.2, 0.25) is 0 Å². The molecule has 0 saturated carbocycles. The number of amides is 1. The number of benzene rings is 1. The van der Waals surface area contributed by atoms with Gasteiger partial charge in [0, 0.05) is 22.7 Å². The maximum absolute atomic E-state index is 12.0. The number of fused-ring (bicyclic) bond motifs is 1. The van der Waals surface area contributed by atoms with Gasteiger partial charge in [0.25, 0.3) is 5.91 Å². The summed E-state index contributed by atoms with van der Waals surface area (Å²) in [6, 6.07) is 9.01. The lowest BCUT2D eigenvalue weighted by Gasteiger charge is -2.09. The fraction of sp³-hybridized carbons (Fsp3) is 0.133. The van der Waals surface area contributed by atoms with Crippen LogP contribution >= 0.6 is 0 Å². The predicted octanol–water partition coefficient (Wildman–Crippen LogP) is 2.59. The molecule has 0 aliphatic heterocycles. The van der Waals surface area contributed by atoms with Crippen LogP contribution in [0.25, 0.3) is 10.9 Å². The minimum absolute atomic E-state index is 0.0286. The molecule has 5 heteroatoms. The van der Waals surface area contributed by atoms with E-state index in [1.165, 1.54) is 13.8 Å². The third-order valence-electron chi connectivity index (χ3n) is 3.12. The van der Waals surface area contributed by atoms with E-state index in [2.05, 4.69) is 10.3 Å². The molecule has 2 N–H and O–H groups in total. The molecule has 1 heterocycles. The summed E-state index contributed by atoms with van der Waals surface area (Å²) >= 11 is 0. The zero-order valence-corrected chi connectivity index (χ0v) is 11.2. The zero-order valence-electron chi connectivity index (χ0n) is 11.2. The molecule has 1 amide bonds. The lowest BCUT2D eigenvalue weighted by Crippen LogP contribution is -2.16. The number of hydrogen-bond donors (Lipinski definition) is 2. The van der Waals surface area contributed by atoms with Gasteiger partial charge in [-0.05, 0) is 38.1 Å². The van der Waals surface area contributed by atoms with Crippen LogP contribution in [-0.4, -0.2) is 22.0 Å². The van der Waals surface area contributed by atoms with Crippen molar-refractivity contribution in [1.82, 2.24) is 4.98 Å². The van der Waals surface area contributed by atoms with E-state index in [-0.39, 0.29) is 11.1 Å². The number of hydrogen-bond acceptors (Lipinski definition) is 3. The molecule has 0 fully saturated rings. The number of anilines is 1. The lowest BCUT2D eigenvalue weighted by molar-refractivity contribution is -0.133. The fourth-order valence-electron chi connectivity index (χ4n) is 1.76. The molecule has 0 saturated heterocycles. The Balaban J connectivity index is 2.36. The number of carboxylic acid groups (broad SMARTS) is 1. The van der Waals surface area contributed by atoms with Crippen molar-refractivity contribution in [3.63, 3.8) is 0 Å². The molecule has 0 bridgehead atoms. The summed E-state index contributed by atoms with van der Waals surface area (Å²) in [5, 5.41) is 12.4. The Morgan fingerprint density at radius 1 is 1.10 bits per heavy atom. The van der Waals surface area contributed by atoms with E-state index in [1.807, 2.05) is 12.1 Å². The van der Waals surface area contributed by atoms with Gasteiger partial charge in [-0.3, -0.25) is 9.78 Å². The molecule has 2 rings (SSSR count). The SMILES string of the molecule is CC(C(=O)O)=C(C)C(=O)Nc1cccc2ncccc12. The number of carboxylic acids is 1. The molecular formula is C15H14N2O3. The average Bonchev–Trinajstić information content (AvgIpc) is 2.46. The second kappa shape index (κ2) is 5.52. The summed E-state index contributed by atoms with van der Waals surface area (Å²) in [6.45, 7) is 2.89. The Kier molecular flexibility index (Phi) is 3.79. The largest absolute Gasteiger partial charge is 0.478 e. The molecule has 1 aromatic carbocycles. The minimum atomic E-state index is -1.10. The van der Waals surface area contributed by atoms with Crippen LogP contribution in [0, 0.1) is 0 Å². The summed E-state index contributed by atoms with van der Waals surface area (Å²) in [6.07, 6.45) is 1.67. The Morgan fingerprint density at radius 3 is 2.55 bits per heavy atom. The summed E-state index contributed by atoms with van der Waals surface area (Å²) < 4.78 is 0. The van der Waals surface area contributed by atoms with Gasteiger partial charge < -0.3 is 10.4 Å². The van der Waals surface area contributed by atoms with Gasteiger partial charge in [-0.1, -0.05) is 6.07 Å². The van der Waals surface area contributed by atoms with Gasteiger partial charge in [0.1, 0.15) is 0 Å². The number of aliphatic carboxylic acids is 1. The first-order valence-electron chi connectivity index (χ1n) is 6.06. The Bertz CT molecular complexity index is 715. The van der Waals surface area contributed by atoms with Gasteiger partial charge in [0.15, 0.2) is 0 Å². The van der Waals surface area contributed by atoms with Crippen molar-refractivity contribution in [2.24, 2.45) is 0 Å². The second-order valence-electron chi connectivity index (χ2n) is 4.38. The van der Waals surface area contributed by atoms with E-state index >= 15 is 0 Å². The molecule has 0 aliphatic rings. The monoisotopic (exact) mass is 270 g/mol. The van der Waals surface area contributed by atoms with E-state index in [9.17, 15) is 9.59 Å². The Labute approximate surface area is 115 Å². The highest BCUT2D eigenvalue weighted by Crippen LogP contribution is 2.22. The number of pyridine rings is 1. The number of nitrogens with zero attached hydrogens (tertiary/aromatic N) is 1. The fourth-order valence-corrected chi connectivity index (χ4v) is 1.76. The van der Waals surface area contributed by atoms with E-state index in [0.29, 0.717) is 5.69 Å². The van der Waals surface area contributed by atoms with E-state index in [4.69, 9.17) is 5.11 Å². The third-order valence-corrected chi connectivity index (χ3v) is 3.12. The summed E-state index contributed by atoms with van der Waals surface area (Å²) in [7, 11) is 0. The normalized spacial score (nSPS) is 11.9. The third kappa shape index (κ3) is 2.66. The maximum atomic E-state index is 12.0. The van der Waals surface area contributed by atoms with Crippen molar-refractivity contribution in [2.45, 2.75) is 13.8 Å². The average molecular weight is 270 g/mol. The topological polar surface area (TPSA) is 79.3 Å². The van der Waals surface area contributed by atoms with Crippen LogP contribution in [0.1, 0.15) is 13.8 Å². The quantitative estimate of drug-likeness (QED) is 0.840. The van der Waals surface area contributed by atoms with Crippen LogP contribution in [0.15, 0.2) is 47.7 Å². The van der Waals surface area contributed by atoms with Crippen molar-refractivity contribution in [2.75, 3.05) is 5.32 Å². The highest BCUT2D eigenvalue weighted by Gasteiger charge is 2.13. The minimum Gasteiger partial charge on any atom is -0.478 e. The number of aromatic nitrogens is 1. The van der Waals surface area contributed by atoms with Gasteiger partial charge in [-0.25, -0.2) is 4.79 Å². The van der Waals surface area contributed by atoms with Crippen LogP contribution in [0.4, 0.5) is 5.69 Å². The van der Waals surface area contributed by atoms with Gasteiger partial charge in [0.05, 0.1) is 11.2 Å². The molecule has 0 spiro atoms. The van der Waals surface area contributed by atoms with Crippen molar-refractivity contribution in [1.29, 1.82) is 0 Å². The number of carbonyl (C=O) groups excluding carboxylic acids is 1. The van der Waals surface area contributed by atoms with Crippen LogP contribution < -0.4 is 5.32 Å². The molecule has 1 aromatic heterocycles. The number of carbonyl (C=O) groups is 2. The first kappa shape index (κ1) is 13.7. The molecule has 0 unspecified atom stereocenters. The lowest BCUT2D eigenvalue weighted by atomic mass is 10.1. The number of nitrogens with one attached hydrogen (secondary N) is 1. The van der Waals surface area contributed by atoms with E-state index in [0.717, 1.165) is 10.9 Å². The highest BCUT2D eigenvalue weighted by atomic mass is 16.4. The van der Waals surface area contributed by atoms with Crippen molar-refractivity contribution in [3.05, 3.63) is 47.7 Å². The zero-order chi connectivity index (χ0) is 14.7. The molecule has 0 atom stereocenters. The van der Waals surface area contributed by atoms with E-state index < -0.39 is 11.9 Å². The standard InChI is InChI=1S/C15H14N2O3/c1-9(10(2)15(19)20)14(18)17-13-7-3-6-12-11(13)5-4-8-16-12/h3-8H,1-2H3,(H,17,18)(H,19,20). The molecule has 0 aliphatic carbocycles. The van der Waals surface area contributed by atoms with Crippen molar-refractivity contribution < 1.29 is 14.7 Å². The molecule has 20 heavy (non-hydrogen) atoms. The van der Waals surface area contributed by atoms with Crippen molar-refractivity contribution >= 4 is 28.5 Å². The molecule has 102 valence electrons. The summed E-state index contributed by atoms with van der Waals surface area (Å²) in [5.74, 6) is -1.53. The number of rotatable bonds is 3. The van der Waals surface area contributed by atoms with Crippen LogP contribution in [-0.2, 0) is 9.59 Å². The summed E-state index contributed by atoms with van der Waals surface area (Å²) in [5.41, 5.74) is 1.58. The van der Waals surface area contributed by atoms with Crippen molar-refractivity contribution in [3.8, 4) is 0 Å². The first-order valence-corrected chi connectivity index (χ1v) is 6.06. The summed E-state index contributed by atoms with van der Waals surface area (Å²) in [4.78, 5) is 27.1. The maximum Gasteiger partial charge on any atom is 0.331 e. The van der Waals surface area contributed by atoms with Crippen LogP contribution in [0.3, 0.4) is 0 Å². The first-order chi connectivity index (χ1) is 9.50. The van der Waals surface area contributed by atoms with Crippen LogP contribution in [0.5, 0.6) is 0 Å². The van der Waals surface area contributed by atoms with Gasteiger partial charge in [-0.15, -0.1) is 0 Å². The van der Waals surface area contributed by atoms with Gasteiger partial charge in [-0.2, -0.15) is 0 Å². The Morgan fingerprint density at radius 2 is 1.85 bits per heavy atom. The smallest absolute Gasteiger partial charge is 0.331 e. The van der Waals surface area contributed by atoms with Crippen LogP contribution in [0.2, 0.25) is 0 Å². The predicted molar refractivity (Wildman–Crippen MR) is 76.4 cm³/mol. The second-order valence-corrected chi connectivity index (χ2v) is 4.38. The molecule has 0 radical (unpaired) electrons. The molecule has 5 nitrogen and oxygen atoms in total. The van der Waals surface area contributed by atoms with E-state index in [1.54, 1.807) is 24.4 Å². The highest BCUT2D eigenvalue weighted by molar-refractivity contribution is 6.11. The molecular weight excluding hydrogens is 256 g/mol.